The number of aromatic nitrogens is 1. The van der Waals surface area contributed by atoms with Gasteiger partial charge in [-0.15, -0.1) is 0 Å². The Bertz CT molecular complexity index is 346. The molecule has 1 amide bonds. The van der Waals surface area contributed by atoms with Gasteiger partial charge in [0.15, 0.2) is 0 Å². The maximum Gasteiger partial charge on any atom is 0.228 e. The van der Waals surface area contributed by atoms with Crippen molar-refractivity contribution in [3.05, 3.63) is 23.5 Å². The SMILES string of the molecule is O=C(Nc1ccc(Cl)nc1)C1CCNC1. The Morgan fingerprint density at radius 1 is 1.60 bits per heavy atom. The molecule has 0 saturated carbocycles. The van der Waals surface area contributed by atoms with Crippen LogP contribution in [-0.2, 0) is 4.79 Å². The van der Waals surface area contributed by atoms with Gasteiger partial charge in [0.1, 0.15) is 5.15 Å². The number of carbonyl (C=O) groups is 1. The Morgan fingerprint density at radius 2 is 2.47 bits per heavy atom. The molecule has 2 N–H and O–H groups in total. The van der Waals surface area contributed by atoms with Gasteiger partial charge in [0, 0.05) is 6.54 Å². The van der Waals surface area contributed by atoms with Crippen LogP contribution in [0.2, 0.25) is 5.15 Å². The van der Waals surface area contributed by atoms with E-state index in [1.165, 1.54) is 0 Å². The van der Waals surface area contributed by atoms with Crippen LogP contribution < -0.4 is 10.6 Å². The summed E-state index contributed by atoms with van der Waals surface area (Å²) in [6, 6.07) is 3.40. The molecule has 4 nitrogen and oxygen atoms in total. The smallest absolute Gasteiger partial charge is 0.228 e. The standard InChI is InChI=1S/C10H12ClN3O/c11-9-2-1-8(6-13-9)14-10(15)7-3-4-12-5-7/h1-2,6-7,12H,3-5H2,(H,14,15). The Balaban J connectivity index is 1.96. The van der Waals surface area contributed by atoms with Gasteiger partial charge in [-0.2, -0.15) is 0 Å². The van der Waals surface area contributed by atoms with Crippen LogP contribution in [0.4, 0.5) is 5.69 Å². The largest absolute Gasteiger partial charge is 0.324 e. The van der Waals surface area contributed by atoms with Crippen LogP contribution in [0.3, 0.4) is 0 Å². The summed E-state index contributed by atoms with van der Waals surface area (Å²) in [5, 5.41) is 6.39. The van der Waals surface area contributed by atoms with Crippen LogP contribution in [0, 0.1) is 5.92 Å². The van der Waals surface area contributed by atoms with Crippen molar-refractivity contribution in [2.75, 3.05) is 18.4 Å². The van der Waals surface area contributed by atoms with Gasteiger partial charge < -0.3 is 10.6 Å². The van der Waals surface area contributed by atoms with E-state index in [4.69, 9.17) is 11.6 Å². The van der Waals surface area contributed by atoms with Gasteiger partial charge in [-0.3, -0.25) is 4.79 Å². The second-order valence-corrected chi connectivity index (χ2v) is 3.94. The van der Waals surface area contributed by atoms with Gasteiger partial charge in [0.2, 0.25) is 5.91 Å². The van der Waals surface area contributed by atoms with Crippen molar-refractivity contribution in [3.8, 4) is 0 Å². The summed E-state index contributed by atoms with van der Waals surface area (Å²) in [7, 11) is 0. The molecule has 0 aliphatic carbocycles. The van der Waals surface area contributed by atoms with E-state index in [0.717, 1.165) is 19.5 Å². The molecule has 2 heterocycles. The van der Waals surface area contributed by atoms with Crippen LogP contribution in [0.5, 0.6) is 0 Å². The maximum absolute atomic E-state index is 11.7. The molecule has 0 spiro atoms. The van der Waals surface area contributed by atoms with E-state index >= 15 is 0 Å². The minimum atomic E-state index is 0.0455. The average molecular weight is 226 g/mol. The number of carbonyl (C=O) groups excluding carboxylic acids is 1. The minimum Gasteiger partial charge on any atom is -0.324 e. The predicted octanol–water partition coefficient (Wildman–Crippen LogP) is 1.28. The number of nitrogens with one attached hydrogen (secondary N) is 2. The van der Waals surface area contributed by atoms with E-state index in [2.05, 4.69) is 15.6 Å². The molecule has 80 valence electrons. The zero-order valence-electron chi connectivity index (χ0n) is 8.16. The summed E-state index contributed by atoms with van der Waals surface area (Å²) in [4.78, 5) is 15.6. The van der Waals surface area contributed by atoms with Crippen molar-refractivity contribution in [2.24, 2.45) is 5.92 Å². The molecule has 15 heavy (non-hydrogen) atoms. The number of nitrogens with zero attached hydrogens (tertiary/aromatic N) is 1. The topological polar surface area (TPSA) is 54.0 Å². The van der Waals surface area contributed by atoms with Crippen LogP contribution in [-0.4, -0.2) is 24.0 Å². The highest BCUT2D eigenvalue weighted by Gasteiger charge is 2.22. The zero-order valence-corrected chi connectivity index (χ0v) is 8.92. The fraction of sp³-hybridized carbons (Fsp3) is 0.400. The van der Waals surface area contributed by atoms with E-state index in [9.17, 15) is 4.79 Å². The molecule has 0 aromatic carbocycles. The van der Waals surface area contributed by atoms with Crippen molar-refractivity contribution in [1.29, 1.82) is 0 Å². The molecule has 1 aromatic rings. The van der Waals surface area contributed by atoms with Crippen molar-refractivity contribution in [1.82, 2.24) is 10.3 Å². The number of halogens is 1. The third-order valence-corrected chi connectivity index (χ3v) is 2.65. The lowest BCUT2D eigenvalue weighted by atomic mass is 10.1. The molecule has 1 atom stereocenters. The zero-order chi connectivity index (χ0) is 10.7. The monoisotopic (exact) mass is 225 g/mol. The highest BCUT2D eigenvalue weighted by molar-refractivity contribution is 6.29. The van der Waals surface area contributed by atoms with Crippen molar-refractivity contribution < 1.29 is 4.79 Å². The quantitative estimate of drug-likeness (QED) is 0.746. The molecular weight excluding hydrogens is 214 g/mol. The summed E-state index contributed by atoms with van der Waals surface area (Å²) < 4.78 is 0. The van der Waals surface area contributed by atoms with Crippen LogP contribution in [0.15, 0.2) is 18.3 Å². The molecule has 1 fully saturated rings. The number of hydrogen-bond donors (Lipinski definition) is 2. The minimum absolute atomic E-state index is 0.0455. The maximum atomic E-state index is 11.7. The average Bonchev–Trinajstić information content (AvgIpc) is 2.74. The van der Waals surface area contributed by atoms with E-state index in [0.29, 0.717) is 10.8 Å². The van der Waals surface area contributed by atoms with E-state index < -0.39 is 0 Å². The summed E-state index contributed by atoms with van der Waals surface area (Å²) in [6.45, 7) is 1.67. The fourth-order valence-electron chi connectivity index (χ4n) is 1.57. The van der Waals surface area contributed by atoms with E-state index in [1.54, 1.807) is 18.3 Å². The van der Waals surface area contributed by atoms with Crippen LogP contribution >= 0.6 is 11.6 Å². The molecule has 0 bridgehead atoms. The first-order valence-electron chi connectivity index (χ1n) is 4.89. The summed E-state index contributed by atoms with van der Waals surface area (Å²) in [5.41, 5.74) is 0.691. The van der Waals surface area contributed by atoms with Gasteiger partial charge in [-0.1, -0.05) is 11.6 Å². The fourth-order valence-corrected chi connectivity index (χ4v) is 1.68. The lowest BCUT2D eigenvalue weighted by Crippen LogP contribution is -2.24. The van der Waals surface area contributed by atoms with E-state index in [-0.39, 0.29) is 11.8 Å². The molecule has 1 aromatic heterocycles. The predicted molar refractivity (Wildman–Crippen MR) is 58.9 cm³/mol. The Labute approximate surface area is 93.0 Å². The van der Waals surface area contributed by atoms with Gasteiger partial charge in [0.25, 0.3) is 0 Å². The molecule has 1 aliphatic rings. The molecular formula is C10H12ClN3O. The summed E-state index contributed by atoms with van der Waals surface area (Å²) in [6.07, 6.45) is 2.45. The highest BCUT2D eigenvalue weighted by atomic mass is 35.5. The molecule has 1 aliphatic heterocycles. The first kappa shape index (κ1) is 10.4. The number of amides is 1. The van der Waals surface area contributed by atoms with Gasteiger partial charge in [0.05, 0.1) is 17.8 Å². The first-order chi connectivity index (χ1) is 7.25. The number of rotatable bonds is 2. The molecule has 2 rings (SSSR count). The third kappa shape index (κ3) is 2.67. The summed E-state index contributed by atoms with van der Waals surface area (Å²) in [5.74, 6) is 0.116. The number of pyridine rings is 1. The molecule has 5 heteroatoms. The summed E-state index contributed by atoms with van der Waals surface area (Å²) >= 11 is 5.64. The Morgan fingerprint density at radius 3 is 3.07 bits per heavy atom. The second kappa shape index (κ2) is 4.59. The third-order valence-electron chi connectivity index (χ3n) is 2.43. The Kier molecular flexibility index (Phi) is 3.18. The van der Waals surface area contributed by atoms with Gasteiger partial charge in [-0.05, 0) is 25.1 Å². The number of anilines is 1. The van der Waals surface area contributed by atoms with Crippen molar-refractivity contribution >= 4 is 23.2 Å². The van der Waals surface area contributed by atoms with Crippen LogP contribution in [0.1, 0.15) is 6.42 Å². The van der Waals surface area contributed by atoms with Gasteiger partial charge in [-0.25, -0.2) is 4.98 Å². The van der Waals surface area contributed by atoms with Crippen molar-refractivity contribution in [2.45, 2.75) is 6.42 Å². The van der Waals surface area contributed by atoms with Crippen molar-refractivity contribution in [3.63, 3.8) is 0 Å². The van der Waals surface area contributed by atoms with E-state index in [1.807, 2.05) is 0 Å². The normalized spacial score (nSPS) is 20.2. The first-order valence-corrected chi connectivity index (χ1v) is 5.26. The Hall–Kier alpha value is -1.13. The molecule has 0 radical (unpaired) electrons. The lowest BCUT2D eigenvalue weighted by Gasteiger charge is -2.09. The lowest BCUT2D eigenvalue weighted by molar-refractivity contribution is -0.119. The molecule has 1 unspecified atom stereocenters. The second-order valence-electron chi connectivity index (χ2n) is 3.55. The van der Waals surface area contributed by atoms with Gasteiger partial charge >= 0.3 is 0 Å². The van der Waals surface area contributed by atoms with Crippen LogP contribution in [0.25, 0.3) is 0 Å². The molecule has 1 saturated heterocycles. The highest BCUT2D eigenvalue weighted by Crippen LogP contribution is 2.13. The number of hydrogen-bond acceptors (Lipinski definition) is 3.